The minimum atomic E-state index is -0.218. The number of benzene rings is 1. The first kappa shape index (κ1) is 15.4. The van der Waals surface area contributed by atoms with Crippen LogP contribution >= 0.6 is 15.9 Å². The normalized spacial score (nSPS) is 12.9. The first-order chi connectivity index (χ1) is 8.31. The molecule has 0 aliphatic carbocycles. The maximum absolute atomic E-state index is 13.0. The van der Waals surface area contributed by atoms with Crippen molar-refractivity contribution in [3.63, 3.8) is 0 Å². The van der Waals surface area contributed by atoms with Crippen LogP contribution in [0, 0.1) is 5.82 Å². The molecule has 100 valence electrons. The van der Waals surface area contributed by atoms with Gasteiger partial charge in [-0.15, -0.1) is 0 Å². The Balaban J connectivity index is 2.84. The van der Waals surface area contributed by atoms with Gasteiger partial charge < -0.3 is 5.32 Å². The molecule has 1 aromatic carbocycles. The van der Waals surface area contributed by atoms with Crippen molar-refractivity contribution in [1.29, 1.82) is 0 Å². The summed E-state index contributed by atoms with van der Waals surface area (Å²) >= 11 is 3.39. The fraction of sp³-hybridized carbons (Fsp3) is 0.467. The number of hydrogen-bond acceptors (Lipinski definition) is 1. The van der Waals surface area contributed by atoms with E-state index >= 15 is 0 Å². The van der Waals surface area contributed by atoms with Crippen LogP contribution in [0.1, 0.15) is 39.7 Å². The third-order valence-corrected chi connectivity index (χ3v) is 3.31. The van der Waals surface area contributed by atoms with Crippen LogP contribution in [0.4, 0.5) is 4.39 Å². The number of rotatable bonds is 4. The van der Waals surface area contributed by atoms with Gasteiger partial charge in [0.25, 0.3) is 0 Å². The van der Waals surface area contributed by atoms with Gasteiger partial charge in [0.05, 0.1) is 0 Å². The number of nitrogens with one attached hydrogen (secondary N) is 1. The van der Waals surface area contributed by atoms with E-state index in [0.29, 0.717) is 0 Å². The maximum Gasteiger partial charge on any atom is 0.124 e. The van der Waals surface area contributed by atoms with Gasteiger partial charge in [-0.2, -0.15) is 0 Å². The standard InChI is InChI=1S/C15H21BrFN/c1-5-11(10-18-15(2,3)4)8-12-6-7-13(17)9-14(12)16/h6-9,18H,5,10H2,1-4H3/b11-8-. The fourth-order valence-electron chi connectivity index (χ4n) is 1.50. The minimum Gasteiger partial charge on any atom is -0.308 e. The summed E-state index contributed by atoms with van der Waals surface area (Å²) in [6.07, 6.45) is 3.09. The molecule has 0 heterocycles. The van der Waals surface area contributed by atoms with Crippen LogP contribution in [0.15, 0.2) is 28.2 Å². The van der Waals surface area contributed by atoms with E-state index < -0.39 is 0 Å². The largest absolute Gasteiger partial charge is 0.308 e. The summed E-state index contributed by atoms with van der Waals surface area (Å²) in [5.74, 6) is -0.218. The summed E-state index contributed by atoms with van der Waals surface area (Å²) in [5, 5.41) is 3.47. The Kier molecular flexibility index (Phi) is 5.54. The maximum atomic E-state index is 13.0. The lowest BCUT2D eigenvalue weighted by atomic mass is 10.1. The van der Waals surface area contributed by atoms with Gasteiger partial charge in [-0.1, -0.05) is 40.6 Å². The first-order valence-electron chi connectivity index (χ1n) is 6.21. The number of hydrogen-bond donors (Lipinski definition) is 1. The molecule has 0 saturated carbocycles. The van der Waals surface area contributed by atoms with E-state index in [-0.39, 0.29) is 11.4 Å². The first-order valence-corrected chi connectivity index (χ1v) is 7.00. The molecule has 0 aromatic heterocycles. The predicted molar refractivity (Wildman–Crippen MR) is 80.1 cm³/mol. The van der Waals surface area contributed by atoms with Gasteiger partial charge in [0, 0.05) is 16.6 Å². The zero-order valence-electron chi connectivity index (χ0n) is 11.5. The summed E-state index contributed by atoms with van der Waals surface area (Å²) in [4.78, 5) is 0. The van der Waals surface area contributed by atoms with Gasteiger partial charge in [-0.3, -0.25) is 0 Å². The van der Waals surface area contributed by atoms with Gasteiger partial charge in [-0.25, -0.2) is 4.39 Å². The van der Waals surface area contributed by atoms with Crippen molar-refractivity contribution in [3.05, 3.63) is 39.6 Å². The van der Waals surface area contributed by atoms with E-state index in [1.807, 2.05) is 0 Å². The van der Waals surface area contributed by atoms with Crippen LogP contribution in [-0.2, 0) is 0 Å². The third kappa shape index (κ3) is 5.32. The lowest BCUT2D eigenvalue weighted by Crippen LogP contribution is -2.36. The van der Waals surface area contributed by atoms with E-state index in [9.17, 15) is 4.39 Å². The second-order valence-corrected chi connectivity index (χ2v) is 6.28. The third-order valence-electron chi connectivity index (χ3n) is 2.62. The summed E-state index contributed by atoms with van der Waals surface area (Å²) in [6, 6.07) is 4.78. The molecule has 1 aromatic rings. The van der Waals surface area contributed by atoms with Crippen molar-refractivity contribution >= 4 is 22.0 Å². The van der Waals surface area contributed by atoms with E-state index in [1.165, 1.54) is 17.7 Å². The fourth-order valence-corrected chi connectivity index (χ4v) is 1.96. The quantitative estimate of drug-likeness (QED) is 0.844. The van der Waals surface area contributed by atoms with Gasteiger partial charge >= 0.3 is 0 Å². The lowest BCUT2D eigenvalue weighted by molar-refractivity contribution is 0.443. The molecule has 0 spiro atoms. The zero-order valence-corrected chi connectivity index (χ0v) is 13.1. The Labute approximate surface area is 118 Å². The highest BCUT2D eigenvalue weighted by atomic mass is 79.9. The highest BCUT2D eigenvalue weighted by Crippen LogP contribution is 2.21. The van der Waals surface area contributed by atoms with Crippen LogP contribution in [-0.4, -0.2) is 12.1 Å². The molecule has 0 saturated heterocycles. The Morgan fingerprint density at radius 1 is 1.39 bits per heavy atom. The van der Waals surface area contributed by atoms with Crippen molar-refractivity contribution in [2.24, 2.45) is 0 Å². The van der Waals surface area contributed by atoms with Crippen molar-refractivity contribution < 1.29 is 4.39 Å². The molecule has 3 heteroatoms. The lowest BCUT2D eigenvalue weighted by Gasteiger charge is -2.21. The predicted octanol–water partition coefficient (Wildman–Crippen LogP) is 4.77. The molecule has 0 bridgehead atoms. The molecule has 0 aliphatic heterocycles. The van der Waals surface area contributed by atoms with Crippen LogP contribution in [0.3, 0.4) is 0 Å². The number of halogens is 2. The van der Waals surface area contributed by atoms with Gasteiger partial charge in [0.15, 0.2) is 0 Å². The molecule has 0 aliphatic rings. The van der Waals surface area contributed by atoms with E-state index in [0.717, 1.165) is 23.0 Å². The van der Waals surface area contributed by atoms with Crippen molar-refractivity contribution in [1.82, 2.24) is 5.32 Å². The Morgan fingerprint density at radius 3 is 2.56 bits per heavy atom. The molecule has 1 nitrogen and oxygen atoms in total. The molecule has 0 radical (unpaired) electrons. The summed E-state index contributed by atoms with van der Waals surface area (Å²) in [5.41, 5.74) is 2.43. The second-order valence-electron chi connectivity index (χ2n) is 5.43. The molecule has 1 rings (SSSR count). The summed E-state index contributed by atoms with van der Waals surface area (Å²) < 4.78 is 13.8. The Bertz CT molecular complexity index is 433. The van der Waals surface area contributed by atoms with E-state index in [2.05, 4.69) is 55.0 Å². The summed E-state index contributed by atoms with van der Waals surface area (Å²) in [6.45, 7) is 9.42. The SMILES string of the molecule is CC/C(=C/c1ccc(F)cc1Br)CNC(C)(C)C. The van der Waals surface area contributed by atoms with Crippen LogP contribution < -0.4 is 5.32 Å². The smallest absolute Gasteiger partial charge is 0.124 e. The molecule has 18 heavy (non-hydrogen) atoms. The highest BCUT2D eigenvalue weighted by Gasteiger charge is 2.09. The monoisotopic (exact) mass is 313 g/mol. The van der Waals surface area contributed by atoms with Crippen molar-refractivity contribution in [2.45, 2.75) is 39.7 Å². The highest BCUT2D eigenvalue weighted by molar-refractivity contribution is 9.10. The van der Waals surface area contributed by atoms with Crippen LogP contribution in [0.5, 0.6) is 0 Å². The molecule has 0 amide bonds. The molecule has 0 atom stereocenters. The Hall–Kier alpha value is -0.670. The van der Waals surface area contributed by atoms with Crippen LogP contribution in [0.2, 0.25) is 0 Å². The average Bonchev–Trinajstić information content (AvgIpc) is 2.25. The topological polar surface area (TPSA) is 12.0 Å². The van der Waals surface area contributed by atoms with Crippen LogP contribution in [0.25, 0.3) is 6.08 Å². The summed E-state index contributed by atoms with van der Waals surface area (Å²) in [7, 11) is 0. The molecule has 0 unspecified atom stereocenters. The zero-order chi connectivity index (χ0) is 13.8. The van der Waals surface area contributed by atoms with Gasteiger partial charge in [0.2, 0.25) is 0 Å². The average molecular weight is 314 g/mol. The molecular formula is C15H21BrFN. The molecule has 1 N–H and O–H groups in total. The van der Waals surface area contributed by atoms with E-state index in [1.54, 1.807) is 6.07 Å². The van der Waals surface area contributed by atoms with E-state index in [4.69, 9.17) is 0 Å². The molecular weight excluding hydrogens is 293 g/mol. The van der Waals surface area contributed by atoms with Gasteiger partial charge in [-0.05, 0) is 44.9 Å². The van der Waals surface area contributed by atoms with Crippen molar-refractivity contribution in [2.75, 3.05) is 6.54 Å². The minimum absolute atomic E-state index is 0.105. The second kappa shape index (κ2) is 6.48. The van der Waals surface area contributed by atoms with Crippen molar-refractivity contribution in [3.8, 4) is 0 Å². The molecule has 0 fully saturated rings. The Morgan fingerprint density at radius 2 is 2.06 bits per heavy atom. The van der Waals surface area contributed by atoms with Gasteiger partial charge in [0.1, 0.15) is 5.82 Å².